The van der Waals surface area contributed by atoms with Crippen molar-refractivity contribution in [3.63, 3.8) is 0 Å². The van der Waals surface area contributed by atoms with Gasteiger partial charge < -0.3 is 0 Å². The number of alkyl halides is 2. The zero-order chi connectivity index (χ0) is 9.14. The van der Waals surface area contributed by atoms with Crippen molar-refractivity contribution in [1.82, 2.24) is 0 Å². The fourth-order valence-electron chi connectivity index (χ4n) is 0.760. The van der Waals surface area contributed by atoms with Crippen LogP contribution in [0.4, 0.5) is 0 Å². The fourth-order valence-corrected chi connectivity index (χ4v) is 1.18. The van der Waals surface area contributed by atoms with Crippen molar-refractivity contribution in [1.29, 1.82) is 0 Å². The van der Waals surface area contributed by atoms with Gasteiger partial charge in [-0.25, -0.2) is 0 Å². The normalized spacial score (nSPS) is 10.3. The van der Waals surface area contributed by atoms with E-state index in [9.17, 15) is 4.79 Å². The molecule has 0 aliphatic rings. The van der Waals surface area contributed by atoms with Crippen molar-refractivity contribution in [2.45, 2.75) is 4.84 Å². The predicted molar refractivity (Wildman–Crippen MR) is 51.1 cm³/mol. The van der Waals surface area contributed by atoms with Gasteiger partial charge in [-0.2, -0.15) is 0 Å². The van der Waals surface area contributed by atoms with Crippen LogP contribution in [0.2, 0.25) is 0 Å². The summed E-state index contributed by atoms with van der Waals surface area (Å²) in [5, 5.41) is -0.484. The Balaban J connectivity index is 2.93. The van der Waals surface area contributed by atoms with Crippen LogP contribution >= 0.6 is 34.8 Å². The topological polar surface area (TPSA) is 17.1 Å². The molecule has 1 nitrogen and oxygen atoms in total. The van der Waals surface area contributed by atoms with Crippen molar-refractivity contribution in [3.8, 4) is 0 Å². The quantitative estimate of drug-likeness (QED) is 0.554. The van der Waals surface area contributed by atoms with E-state index < -0.39 is 10.1 Å². The van der Waals surface area contributed by atoms with E-state index in [2.05, 4.69) is 0 Å². The summed E-state index contributed by atoms with van der Waals surface area (Å²) in [6, 6.07) is 6.51. The minimum absolute atomic E-state index is 0.439. The first-order valence-electron chi connectivity index (χ1n) is 3.19. The van der Waals surface area contributed by atoms with Gasteiger partial charge in [0, 0.05) is 5.56 Å². The van der Waals surface area contributed by atoms with Gasteiger partial charge in [-0.1, -0.05) is 12.1 Å². The molecular weight excluding hydrogens is 218 g/mol. The smallest absolute Gasteiger partial charge is 0.252 e. The van der Waals surface area contributed by atoms with Gasteiger partial charge in [-0.05, 0) is 29.3 Å². The number of carbonyl (C=O) groups excluding carboxylic acids is 1. The summed E-state index contributed by atoms with van der Waals surface area (Å²) >= 11 is 16.4. The Labute approximate surface area is 85.2 Å². The van der Waals surface area contributed by atoms with Gasteiger partial charge in [0.25, 0.3) is 5.24 Å². The molecule has 0 N–H and O–H groups in total. The van der Waals surface area contributed by atoms with E-state index in [-0.39, 0.29) is 0 Å². The van der Waals surface area contributed by atoms with Gasteiger partial charge in [0.1, 0.15) is 4.84 Å². The third kappa shape index (κ3) is 2.37. The molecule has 0 atom stereocenters. The third-order valence-corrected chi connectivity index (χ3v) is 2.11. The van der Waals surface area contributed by atoms with Crippen molar-refractivity contribution < 1.29 is 4.79 Å². The zero-order valence-electron chi connectivity index (χ0n) is 5.93. The van der Waals surface area contributed by atoms with Gasteiger partial charge in [-0.3, -0.25) is 4.79 Å². The van der Waals surface area contributed by atoms with Gasteiger partial charge >= 0.3 is 0 Å². The molecule has 1 rings (SSSR count). The summed E-state index contributed by atoms with van der Waals surface area (Å²) in [6.45, 7) is 0. The summed E-state index contributed by atoms with van der Waals surface area (Å²) < 4.78 is 0. The van der Waals surface area contributed by atoms with E-state index in [0.717, 1.165) is 5.56 Å². The van der Waals surface area contributed by atoms with E-state index >= 15 is 0 Å². The van der Waals surface area contributed by atoms with Crippen LogP contribution in [-0.2, 0) is 0 Å². The van der Waals surface area contributed by atoms with Crippen LogP contribution in [-0.4, -0.2) is 5.24 Å². The Morgan fingerprint density at radius 1 is 1.17 bits per heavy atom. The average Bonchev–Trinajstić information content (AvgIpc) is 2.04. The molecule has 0 fully saturated rings. The molecule has 0 aliphatic carbocycles. The zero-order valence-corrected chi connectivity index (χ0v) is 8.20. The van der Waals surface area contributed by atoms with E-state index in [1.165, 1.54) is 0 Å². The van der Waals surface area contributed by atoms with Crippen molar-refractivity contribution >= 4 is 40.0 Å². The molecule has 0 saturated heterocycles. The summed E-state index contributed by atoms with van der Waals surface area (Å²) in [4.78, 5) is 10.1. The molecule has 64 valence electrons. The average molecular weight is 223 g/mol. The van der Waals surface area contributed by atoms with Crippen LogP contribution in [0, 0.1) is 0 Å². The second kappa shape index (κ2) is 4.13. The molecule has 0 saturated carbocycles. The number of carbonyl (C=O) groups is 1. The molecule has 0 radical (unpaired) electrons. The SMILES string of the molecule is O=C(Cl)c1ccc(C(Cl)Cl)cc1. The summed E-state index contributed by atoms with van der Waals surface area (Å²) in [7, 11) is 0. The Morgan fingerprint density at radius 3 is 2.00 bits per heavy atom. The maximum atomic E-state index is 10.6. The molecule has 0 unspecified atom stereocenters. The van der Waals surface area contributed by atoms with Crippen LogP contribution in [0.25, 0.3) is 0 Å². The number of hydrogen-bond donors (Lipinski definition) is 0. The monoisotopic (exact) mass is 222 g/mol. The van der Waals surface area contributed by atoms with E-state index in [4.69, 9.17) is 34.8 Å². The van der Waals surface area contributed by atoms with Gasteiger partial charge in [0.15, 0.2) is 0 Å². The summed E-state index contributed by atoms with van der Waals surface area (Å²) in [6.07, 6.45) is 0. The van der Waals surface area contributed by atoms with E-state index in [0.29, 0.717) is 5.56 Å². The molecular formula is C8H5Cl3O. The first-order valence-corrected chi connectivity index (χ1v) is 4.44. The minimum atomic E-state index is -0.565. The highest BCUT2D eigenvalue weighted by molar-refractivity contribution is 6.67. The fraction of sp³-hybridized carbons (Fsp3) is 0.125. The number of halogens is 3. The highest BCUT2D eigenvalue weighted by Gasteiger charge is 2.04. The molecule has 1 aromatic carbocycles. The van der Waals surface area contributed by atoms with Gasteiger partial charge in [-0.15, -0.1) is 23.2 Å². The lowest BCUT2D eigenvalue weighted by atomic mass is 10.2. The Bertz CT molecular complexity index is 279. The largest absolute Gasteiger partial charge is 0.276 e. The number of rotatable bonds is 2. The summed E-state index contributed by atoms with van der Waals surface area (Å²) in [5.41, 5.74) is 1.19. The lowest BCUT2D eigenvalue weighted by Gasteiger charge is -2.00. The maximum Gasteiger partial charge on any atom is 0.252 e. The molecule has 0 heterocycles. The predicted octanol–water partition coefficient (Wildman–Crippen LogP) is 3.54. The molecule has 12 heavy (non-hydrogen) atoms. The van der Waals surface area contributed by atoms with Crippen molar-refractivity contribution in [3.05, 3.63) is 35.4 Å². The Kier molecular flexibility index (Phi) is 3.39. The van der Waals surface area contributed by atoms with Crippen molar-refractivity contribution in [2.24, 2.45) is 0 Å². The molecule has 0 aromatic heterocycles. The molecule has 0 bridgehead atoms. The maximum absolute atomic E-state index is 10.6. The Hall–Kier alpha value is -0.240. The molecule has 1 aromatic rings. The standard InChI is InChI=1S/C8H5Cl3O/c9-7(10)5-1-3-6(4-2-5)8(11)12/h1-4,7H. The highest BCUT2D eigenvalue weighted by Crippen LogP contribution is 2.24. The first kappa shape index (κ1) is 9.85. The lowest BCUT2D eigenvalue weighted by molar-refractivity contribution is 0.108. The molecule has 0 spiro atoms. The van der Waals surface area contributed by atoms with Gasteiger partial charge in [0.05, 0.1) is 0 Å². The second-order valence-corrected chi connectivity index (χ2v) is 3.64. The minimum Gasteiger partial charge on any atom is -0.276 e. The highest BCUT2D eigenvalue weighted by atomic mass is 35.5. The molecule has 0 aliphatic heterocycles. The molecule has 4 heteroatoms. The second-order valence-electron chi connectivity index (χ2n) is 2.20. The van der Waals surface area contributed by atoms with E-state index in [1.807, 2.05) is 0 Å². The van der Waals surface area contributed by atoms with Crippen molar-refractivity contribution in [2.75, 3.05) is 0 Å². The first-order chi connectivity index (χ1) is 5.61. The van der Waals surface area contributed by atoms with Crippen LogP contribution in [0.5, 0.6) is 0 Å². The van der Waals surface area contributed by atoms with E-state index in [1.54, 1.807) is 24.3 Å². The Morgan fingerprint density at radius 2 is 1.67 bits per heavy atom. The van der Waals surface area contributed by atoms with Crippen LogP contribution in [0.3, 0.4) is 0 Å². The summed E-state index contributed by atoms with van der Waals surface area (Å²) in [5.74, 6) is 0. The van der Waals surface area contributed by atoms with Crippen LogP contribution in [0.1, 0.15) is 20.8 Å². The van der Waals surface area contributed by atoms with Crippen LogP contribution in [0.15, 0.2) is 24.3 Å². The molecule has 0 amide bonds. The number of benzene rings is 1. The lowest BCUT2D eigenvalue weighted by Crippen LogP contribution is -1.89. The van der Waals surface area contributed by atoms with Gasteiger partial charge in [0.2, 0.25) is 0 Å². The van der Waals surface area contributed by atoms with Crippen LogP contribution < -0.4 is 0 Å². The number of hydrogen-bond acceptors (Lipinski definition) is 1. The third-order valence-electron chi connectivity index (χ3n) is 1.39.